The third-order valence-electron chi connectivity index (χ3n) is 2.77. The molecule has 0 spiro atoms. The number of rotatable bonds is 3. The van der Waals surface area contributed by atoms with Gasteiger partial charge in [-0.1, -0.05) is 0 Å². The van der Waals surface area contributed by atoms with Gasteiger partial charge in [0.2, 0.25) is 0 Å². The van der Waals surface area contributed by atoms with Crippen molar-refractivity contribution in [3.05, 3.63) is 24.3 Å². The molecule has 21 heavy (non-hydrogen) atoms. The first-order valence-electron chi connectivity index (χ1n) is 6.86. The highest BCUT2D eigenvalue weighted by Crippen LogP contribution is 2.20. The molecule has 1 heterocycles. The van der Waals surface area contributed by atoms with Gasteiger partial charge in [-0.3, -0.25) is 4.79 Å². The highest BCUT2D eigenvalue weighted by atomic mass is 35.5. The maximum Gasteiger partial charge on any atom is 0.254 e. The molecule has 0 aliphatic carbocycles. The molecule has 0 aromatic heterocycles. The lowest BCUT2D eigenvalue weighted by atomic mass is 10.2. The molecule has 1 amide bonds. The Morgan fingerprint density at radius 3 is 2.52 bits per heavy atom. The normalized spacial score (nSPS) is 18.5. The highest BCUT2D eigenvalue weighted by molar-refractivity contribution is 5.94. The lowest BCUT2D eigenvalue weighted by Gasteiger charge is -2.23. The summed E-state index contributed by atoms with van der Waals surface area (Å²) in [5.41, 5.74) is 0.511. The SMILES string of the molecule is CC(C)(C)Oc1ccc(NC(=O)C2CNCCO2)cc1.Cl. The molecule has 2 rings (SSSR count). The zero-order valence-corrected chi connectivity index (χ0v) is 13.5. The molecule has 2 N–H and O–H groups in total. The fourth-order valence-electron chi connectivity index (χ4n) is 1.92. The van der Waals surface area contributed by atoms with Gasteiger partial charge in [0.15, 0.2) is 0 Å². The van der Waals surface area contributed by atoms with Gasteiger partial charge in [-0.2, -0.15) is 0 Å². The van der Waals surface area contributed by atoms with E-state index in [1.165, 1.54) is 0 Å². The molecular formula is C15H23ClN2O3. The van der Waals surface area contributed by atoms with Crippen LogP contribution in [0.15, 0.2) is 24.3 Å². The van der Waals surface area contributed by atoms with E-state index in [0.29, 0.717) is 13.2 Å². The molecule has 6 heteroatoms. The van der Waals surface area contributed by atoms with E-state index in [-0.39, 0.29) is 23.9 Å². The summed E-state index contributed by atoms with van der Waals surface area (Å²) < 4.78 is 11.1. The zero-order chi connectivity index (χ0) is 14.6. The molecule has 0 saturated carbocycles. The number of carbonyl (C=O) groups excluding carboxylic acids is 1. The van der Waals surface area contributed by atoms with Crippen LogP contribution in [0.3, 0.4) is 0 Å². The van der Waals surface area contributed by atoms with Crippen LogP contribution >= 0.6 is 12.4 Å². The fraction of sp³-hybridized carbons (Fsp3) is 0.533. The van der Waals surface area contributed by atoms with Crippen molar-refractivity contribution in [2.24, 2.45) is 0 Å². The summed E-state index contributed by atoms with van der Waals surface area (Å²) in [5, 5.41) is 5.97. The van der Waals surface area contributed by atoms with Gasteiger partial charge in [-0.25, -0.2) is 0 Å². The third-order valence-corrected chi connectivity index (χ3v) is 2.77. The highest BCUT2D eigenvalue weighted by Gasteiger charge is 2.21. The minimum absolute atomic E-state index is 0. The van der Waals surface area contributed by atoms with E-state index in [9.17, 15) is 4.79 Å². The van der Waals surface area contributed by atoms with Gasteiger partial charge >= 0.3 is 0 Å². The second-order valence-electron chi connectivity index (χ2n) is 5.79. The molecule has 1 atom stereocenters. The van der Waals surface area contributed by atoms with Gasteiger partial charge in [0, 0.05) is 18.8 Å². The number of hydrogen-bond acceptors (Lipinski definition) is 4. The monoisotopic (exact) mass is 314 g/mol. The molecule has 1 saturated heterocycles. The van der Waals surface area contributed by atoms with E-state index >= 15 is 0 Å². The van der Waals surface area contributed by atoms with Crippen LogP contribution in [-0.2, 0) is 9.53 Å². The number of anilines is 1. The standard InChI is InChI=1S/C15H22N2O3.ClH/c1-15(2,3)20-12-6-4-11(5-7-12)17-14(18)13-10-16-8-9-19-13;/h4-7,13,16H,8-10H2,1-3H3,(H,17,18);1H. The van der Waals surface area contributed by atoms with Crippen LogP contribution in [-0.4, -0.2) is 37.3 Å². The third kappa shape index (κ3) is 5.91. The van der Waals surface area contributed by atoms with Crippen LogP contribution in [0.2, 0.25) is 0 Å². The Morgan fingerprint density at radius 2 is 2.00 bits per heavy atom. The number of amides is 1. The molecule has 1 aromatic carbocycles. The molecule has 1 aliphatic rings. The number of ether oxygens (including phenoxy) is 2. The van der Waals surface area contributed by atoms with Crippen molar-refractivity contribution in [1.29, 1.82) is 0 Å². The average Bonchev–Trinajstić information content (AvgIpc) is 2.40. The van der Waals surface area contributed by atoms with Crippen molar-refractivity contribution in [1.82, 2.24) is 5.32 Å². The van der Waals surface area contributed by atoms with Crippen LogP contribution < -0.4 is 15.4 Å². The summed E-state index contributed by atoms with van der Waals surface area (Å²) >= 11 is 0. The molecule has 0 radical (unpaired) electrons. The second-order valence-corrected chi connectivity index (χ2v) is 5.79. The molecule has 0 bridgehead atoms. The molecule has 1 aromatic rings. The van der Waals surface area contributed by atoms with Gasteiger partial charge in [0.1, 0.15) is 17.5 Å². The molecule has 5 nitrogen and oxygen atoms in total. The Morgan fingerprint density at radius 1 is 1.33 bits per heavy atom. The molecule has 1 unspecified atom stereocenters. The smallest absolute Gasteiger partial charge is 0.254 e. The number of benzene rings is 1. The van der Waals surface area contributed by atoms with Crippen LogP contribution in [0, 0.1) is 0 Å². The maximum absolute atomic E-state index is 12.0. The number of halogens is 1. The lowest BCUT2D eigenvalue weighted by molar-refractivity contribution is -0.128. The maximum atomic E-state index is 12.0. The number of hydrogen-bond donors (Lipinski definition) is 2. The first kappa shape index (κ1) is 17.8. The second kappa shape index (κ2) is 7.64. The minimum Gasteiger partial charge on any atom is -0.488 e. The molecular weight excluding hydrogens is 292 g/mol. The van der Waals surface area contributed by atoms with E-state index in [4.69, 9.17) is 9.47 Å². The minimum atomic E-state index is -0.422. The van der Waals surface area contributed by atoms with Gasteiger partial charge in [0.05, 0.1) is 6.61 Å². The van der Waals surface area contributed by atoms with E-state index in [0.717, 1.165) is 18.0 Å². The Labute approximate surface area is 131 Å². The summed E-state index contributed by atoms with van der Waals surface area (Å²) in [6.45, 7) is 7.90. The Bertz CT molecular complexity index is 451. The predicted molar refractivity (Wildman–Crippen MR) is 85.3 cm³/mol. The topological polar surface area (TPSA) is 59.6 Å². The largest absolute Gasteiger partial charge is 0.488 e. The van der Waals surface area contributed by atoms with E-state index < -0.39 is 6.10 Å². The molecule has 118 valence electrons. The summed E-state index contributed by atoms with van der Waals surface area (Å²) in [4.78, 5) is 12.0. The van der Waals surface area contributed by atoms with Gasteiger partial charge in [-0.05, 0) is 45.0 Å². The first-order chi connectivity index (χ1) is 9.44. The van der Waals surface area contributed by atoms with Gasteiger partial charge in [0.25, 0.3) is 5.91 Å². The predicted octanol–water partition coefficient (Wildman–Crippen LogP) is 2.21. The molecule has 1 aliphatic heterocycles. The van der Waals surface area contributed by atoms with E-state index in [2.05, 4.69) is 10.6 Å². The lowest BCUT2D eigenvalue weighted by Crippen LogP contribution is -2.45. The summed E-state index contributed by atoms with van der Waals surface area (Å²) in [7, 11) is 0. The first-order valence-corrected chi connectivity index (χ1v) is 6.86. The fourth-order valence-corrected chi connectivity index (χ4v) is 1.92. The Balaban J connectivity index is 0.00000220. The summed E-state index contributed by atoms with van der Waals surface area (Å²) in [6.07, 6.45) is -0.422. The summed E-state index contributed by atoms with van der Waals surface area (Å²) in [6, 6.07) is 7.35. The van der Waals surface area contributed by atoms with Crippen LogP contribution in [0.25, 0.3) is 0 Å². The van der Waals surface area contributed by atoms with Crippen molar-refractivity contribution in [3.8, 4) is 5.75 Å². The van der Waals surface area contributed by atoms with Crippen LogP contribution in [0.1, 0.15) is 20.8 Å². The van der Waals surface area contributed by atoms with Crippen molar-refractivity contribution < 1.29 is 14.3 Å². The van der Waals surface area contributed by atoms with E-state index in [1.807, 2.05) is 45.0 Å². The van der Waals surface area contributed by atoms with Crippen LogP contribution in [0.4, 0.5) is 5.69 Å². The number of morpholine rings is 1. The van der Waals surface area contributed by atoms with Crippen molar-refractivity contribution >= 4 is 24.0 Å². The van der Waals surface area contributed by atoms with Gasteiger partial charge in [-0.15, -0.1) is 12.4 Å². The van der Waals surface area contributed by atoms with Crippen molar-refractivity contribution in [2.45, 2.75) is 32.5 Å². The van der Waals surface area contributed by atoms with Crippen molar-refractivity contribution in [2.75, 3.05) is 25.0 Å². The number of nitrogens with one attached hydrogen (secondary N) is 2. The van der Waals surface area contributed by atoms with Crippen LogP contribution in [0.5, 0.6) is 5.75 Å². The Kier molecular flexibility index (Phi) is 6.45. The van der Waals surface area contributed by atoms with Crippen molar-refractivity contribution in [3.63, 3.8) is 0 Å². The average molecular weight is 315 g/mol. The van der Waals surface area contributed by atoms with Gasteiger partial charge < -0.3 is 20.1 Å². The zero-order valence-electron chi connectivity index (χ0n) is 12.6. The Hall–Kier alpha value is -1.30. The van der Waals surface area contributed by atoms with E-state index in [1.54, 1.807) is 0 Å². The summed E-state index contributed by atoms with van der Waals surface area (Å²) in [5.74, 6) is 0.660. The quantitative estimate of drug-likeness (QED) is 0.898. The molecule has 1 fully saturated rings. The number of carbonyl (C=O) groups is 1.